The summed E-state index contributed by atoms with van der Waals surface area (Å²) < 4.78 is 64.4. The number of nitrogens with one attached hydrogen (secondary N) is 1. The molecule has 0 radical (unpaired) electrons. The van der Waals surface area contributed by atoms with E-state index >= 15 is 0 Å². The van der Waals surface area contributed by atoms with Crippen LogP contribution in [0.25, 0.3) is 0 Å². The minimum Gasteiger partial charge on any atom is -0.352 e. The number of alkyl halides is 3. The fourth-order valence-electron chi connectivity index (χ4n) is 2.43. The summed E-state index contributed by atoms with van der Waals surface area (Å²) >= 11 is 0. The van der Waals surface area contributed by atoms with Gasteiger partial charge in [-0.1, -0.05) is 6.07 Å². The van der Waals surface area contributed by atoms with Gasteiger partial charge in [-0.2, -0.15) is 17.5 Å². The normalized spacial score (nSPS) is 16.3. The van der Waals surface area contributed by atoms with Crippen molar-refractivity contribution in [2.24, 2.45) is 5.73 Å². The summed E-state index contributed by atoms with van der Waals surface area (Å²) in [7, 11) is -4.11. The molecule has 0 aliphatic carbocycles. The van der Waals surface area contributed by atoms with Crippen LogP contribution < -0.4 is 11.1 Å². The van der Waals surface area contributed by atoms with Gasteiger partial charge in [-0.25, -0.2) is 13.2 Å². The van der Waals surface area contributed by atoms with E-state index in [0.717, 1.165) is 22.5 Å². The zero-order valence-electron chi connectivity index (χ0n) is 13.5. The quantitative estimate of drug-likeness (QED) is 0.760. The third kappa shape index (κ3) is 4.64. The second-order valence-electron chi connectivity index (χ2n) is 5.53. The lowest BCUT2D eigenvalue weighted by Gasteiger charge is -2.34. The van der Waals surface area contributed by atoms with E-state index in [4.69, 9.17) is 5.73 Å². The van der Waals surface area contributed by atoms with Gasteiger partial charge in [0.1, 0.15) is 0 Å². The Morgan fingerprint density at radius 1 is 1.15 bits per heavy atom. The van der Waals surface area contributed by atoms with Crippen molar-refractivity contribution in [3.05, 3.63) is 29.8 Å². The molecule has 1 fully saturated rings. The van der Waals surface area contributed by atoms with E-state index in [9.17, 15) is 31.2 Å². The average molecular weight is 394 g/mol. The highest BCUT2D eigenvalue weighted by Crippen LogP contribution is 2.31. The van der Waals surface area contributed by atoms with Gasteiger partial charge < -0.3 is 16.0 Å². The molecule has 26 heavy (non-hydrogen) atoms. The number of primary amides is 1. The Bertz CT molecular complexity index is 790. The molecule has 2 rings (SSSR count). The number of urea groups is 1. The van der Waals surface area contributed by atoms with Gasteiger partial charge in [-0.3, -0.25) is 4.79 Å². The van der Waals surface area contributed by atoms with Gasteiger partial charge >= 0.3 is 12.2 Å². The van der Waals surface area contributed by atoms with Gasteiger partial charge in [0.25, 0.3) is 0 Å². The lowest BCUT2D eigenvalue weighted by Crippen LogP contribution is -2.52. The van der Waals surface area contributed by atoms with Crippen LogP contribution in [0.3, 0.4) is 0 Å². The van der Waals surface area contributed by atoms with Crippen molar-refractivity contribution in [3.8, 4) is 0 Å². The van der Waals surface area contributed by atoms with Crippen molar-refractivity contribution in [1.82, 2.24) is 14.5 Å². The van der Waals surface area contributed by atoms with Crippen LogP contribution in [0.5, 0.6) is 0 Å². The minimum absolute atomic E-state index is 0.0530. The number of benzene rings is 1. The molecular weight excluding hydrogens is 377 g/mol. The third-order valence-electron chi connectivity index (χ3n) is 3.80. The molecule has 0 aromatic heterocycles. The molecule has 0 saturated carbocycles. The Hall–Kier alpha value is -2.34. The van der Waals surface area contributed by atoms with Crippen molar-refractivity contribution in [2.45, 2.75) is 11.1 Å². The number of halogens is 3. The molecule has 0 spiro atoms. The number of hydrogen-bond donors (Lipinski definition) is 2. The molecule has 144 valence electrons. The Labute approximate surface area is 147 Å². The molecule has 1 saturated heterocycles. The fraction of sp³-hybridized carbons (Fsp3) is 0.429. The number of carbonyl (C=O) groups excluding carboxylic acids is 2. The summed E-state index contributed by atoms with van der Waals surface area (Å²) in [5, 5.41) is 2.14. The predicted molar refractivity (Wildman–Crippen MR) is 84.4 cm³/mol. The summed E-state index contributed by atoms with van der Waals surface area (Å²) in [6, 6.07) is 2.65. The van der Waals surface area contributed by atoms with E-state index in [2.05, 4.69) is 5.32 Å². The fourth-order valence-corrected chi connectivity index (χ4v) is 3.90. The number of sulfonamides is 1. The molecular formula is C14H17F3N4O4S. The molecule has 3 N–H and O–H groups in total. The summed E-state index contributed by atoms with van der Waals surface area (Å²) in [5.74, 6) is -0.431. The van der Waals surface area contributed by atoms with E-state index < -0.39 is 38.6 Å². The van der Waals surface area contributed by atoms with Crippen molar-refractivity contribution in [3.63, 3.8) is 0 Å². The molecule has 1 aromatic rings. The van der Waals surface area contributed by atoms with Crippen LogP contribution in [0, 0.1) is 0 Å². The Kier molecular flexibility index (Phi) is 5.76. The molecule has 0 atom stereocenters. The minimum atomic E-state index is -4.65. The maximum Gasteiger partial charge on any atom is 0.416 e. The van der Waals surface area contributed by atoms with E-state index in [0.29, 0.717) is 6.07 Å². The molecule has 8 nitrogen and oxygen atoms in total. The van der Waals surface area contributed by atoms with Crippen molar-refractivity contribution in [1.29, 1.82) is 0 Å². The molecule has 1 aromatic carbocycles. The molecule has 1 aliphatic rings. The highest BCUT2D eigenvalue weighted by Gasteiger charge is 2.34. The first-order chi connectivity index (χ1) is 12.0. The van der Waals surface area contributed by atoms with Crippen LogP contribution in [-0.4, -0.2) is 62.3 Å². The Balaban J connectivity index is 2.06. The maximum absolute atomic E-state index is 12.8. The smallest absolute Gasteiger partial charge is 0.352 e. The van der Waals surface area contributed by atoms with Crippen LogP contribution in [0.1, 0.15) is 5.56 Å². The van der Waals surface area contributed by atoms with Gasteiger partial charge in [0, 0.05) is 26.2 Å². The predicted octanol–water partition coefficient (Wildman–Crippen LogP) is 0.207. The number of nitrogens with zero attached hydrogens (tertiary/aromatic N) is 2. The third-order valence-corrected chi connectivity index (χ3v) is 5.70. The summed E-state index contributed by atoms with van der Waals surface area (Å²) in [5.41, 5.74) is 3.82. The molecule has 3 amide bonds. The van der Waals surface area contributed by atoms with Crippen molar-refractivity contribution < 1.29 is 31.2 Å². The van der Waals surface area contributed by atoms with E-state index in [-0.39, 0.29) is 32.7 Å². The second-order valence-corrected chi connectivity index (χ2v) is 7.47. The summed E-state index contributed by atoms with van der Waals surface area (Å²) in [6.45, 7) is -0.341. The number of rotatable bonds is 4. The van der Waals surface area contributed by atoms with Crippen LogP contribution in [0.4, 0.5) is 18.0 Å². The van der Waals surface area contributed by atoms with Gasteiger partial charge in [0.15, 0.2) is 0 Å². The van der Waals surface area contributed by atoms with Gasteiger partial charge in [0.05, 0.1) is 17.0 Å². The highest BCUT2D eigenvalue weighted by molar-refractivity contribution is 7.89. The van der Waals surface area contributed by atoms with Crippen molar-refractivity contribution >= 4 is 22.0 Å². The highest BCUT2D eigenvalue weighted by atomic mass is 32.2. The summed E-state index contributed by atoms with van der Waals surface area (Å²) in [4.78, 5) is 23.3. The standard InChI is InChI=1S/C14H17F3N4O4S/c15-14(16,17)10-2-1-3-11(8-10)26(24,25)21-6-4-20(5-7-21)12(22)9-19-13(18)23/h1-3,8H,4-7,9H2,(H3,18,19,23). The average Bonchev–Trinajstić information content (AvgIpc) is 2.59. The molecule has 1 heterocycles. The SMILES string of the molecule is NC(=O)NCC(=O)N1CCN(S(=O)(=O)c2cccc(C(F)(F)F)c2)CC1. The number of amides is 3. The number of carbonyl (C=O) groups is 2. The molecule has 0 bridgehead atoms. The molecule has 0 unspecified atom stereocenters. The van der Waals surface area contributed by atoms with Crippen molar-refractivity contribution in [2.75, 3.05) is 32.7 Å². The van der Waals surface area contributed by atoms with Gasteiger partial charge in [-0.15, -0.1) is 0 Å². The van der Waals surface area contributed by atoms with E-state index in [1.54, 1.807) is 0 Å². The van der Waals surface area contributed by atoms with Crippen LogP contribution >= 0.6 is 0 Å². The number of nitrogens with two attached hydrogens (primary N) is 1. The zero-order chi connectivity index (χ0) is 19.5. The number of hydrogen-bond acceptors (Lipinski definition) is 4. The zero-order valence-corrected chi connectivity index (χ0v) is 14.3. The topological polar surface area (TPSA) is 113 Å². The first kappa shape index (κ1) is 20.0. The van der Waals surface area contributed by atoms with Gasteiger partial charge in [-0.05, 0) is 18.2 Å². The van der Waals surface area contributed by atoms with Crippen LogP contribution in [0.15, 0.2) is 29.2 Å². The van der Waals surface area contributed by atoms with Crippen LogP contribution in [-0.2, 0) is 21.0 Å². The Morgan fingerprint density at radius 2 is 1.77 bits per heavy atom. The molecule has 12 heteroatoms. The number of piperazine rings is 1. The largest absolute Gasteiger partial charge is 0.416 e. The first-order valence-corrected chi connectivity index (χ1v) is 8.94. The second kappa shape index (κ2) is 7.50. The van der Waals surface area contributed by atoms with Gasteiger partial charge in [0.2, 0.25) is 15.9 Å². The Morgan fingerprint density at radius 3 is 2.31 bits per heavy atom. The lowest BCUT2D eigenvalue weighted by atomic mass is 10.2. The maximum atomic E-state index is 12.8. The van der Waals surface area contributed by atoms with Crippen LogP contribution in [0.2, 0.25) is 0 Å². The first-order valence-electron chi connectivity index (χ1n) is 7.50. The van der Waals surface area contributed by atoms with E-state index in [1.807, 2.05) is 0 Å². The lowest BCUT2D eigenvalue weighted by molar-refractivity contribution is -0.137. The van der Waals surface area contributed by atoms with E-state index in [1.165, 1.54) is 4.90 Å². The summed E-state index contributed by atoms with van der Waals surface area (Å²) in [6.07, 6.45) is -4.65. The molecule has 1 aliphatic heterocycles. The monoisotopic (exact) mass is 394 g/mol.